The van der Waals surface area contributed by atoms with Crippen molar-refractivity contribution in [3.63, 3.8) is 0 Å². The Balaban J connectivity index is 2.83. The van der Waals surface area contributed by atoms with Gasteiger partial charge in [0.15, 0.2) is 0 Å². The second-order valence-electron chi connectivity index (χ2n) is 6.24. The summed E-state index contributed by atoms with van der Waals surface area (Å²) >= 11 is 0. The molecule has 0 saturated carbocycles. The van der Waals surface area contributed by atoms with Gasteiger partial charge in [-0.25, -0.2) is 8.78 Å². The van der Waals surface area contributed by atoms with Crippen LogP contribution in [0.5, 0.6) is 0 Å². The molecule has 0 aromatic rings. The van der Waals surface area contributed by atoms with Gasteiger partial charge in [0, 0.05) is 31.3 Å². The van der Waals surface area contributed by atoms with Crippen molar-refractivity contribution in [2.75, 3.05) is 13.1 Å². The third-order valence-electron chi connectivity index (χ3n) is 4.95. The highest BCUT2D eigenvalue weighted by molar-refractivity contribution is 5.85. The summed E-state index contributed by atoms with van der Waals surface area (Å²) in [6.07, 6.45) is 0.569. The number of likely N-dealkylation sites (tertiary alicyclic amines) is 1. The normalized spacial score (nSPS) is 25.7. The standard InChI is InChI=1S/C15H25F2NO3/c1-5-14(6-2,13(20)21)7-12(19)18-8-10(3)15(16,17)11(4)9-18/h10-11H,5-9H2,1-4H3,(H,20,21). The van der Waals surface area contributed by atoms with Crippen LogP contribution in [-0.4, -0.2) is 40.9 Å². The number of nitrogens with zero attached hydrogens (tertiary/aromatic N) is 1. The van der Waals surface area contributed by atoms with E-state index < -0.39 is 29.1 Å². The molecular formula is C15H25F2NO3. The van der Waals surface area contributed by atoms with Crippen molar-refractivity contribution in [3.8, 4) is 0 Å². The highest BCUT2D eigenvalue weighted by atomic mass is 19.3. The predicted molar refractivity (Wildman–Crippen MR) is 75.1 cm³/mol. The molecule has 1 saturated heterocycles. The molecule has 0 spiro atoms. The third kappa shape index (κ3) is 3.35. The van der Waals surface area contributed by atoms with Crippen LogP contribution in [0.15, 0.2) is 0 Å². The van der Waals surface area contributed by atoms with Crippen molar-refractivity contribution in [2.45, 2.75) is 52.9 Å². The SMILES string of the molecule is CCC(CC)(CC(=O)N1CC(C)C(F)(F)C(C)C1)C(=O)O. The van der Waals surface area contributed by atoms with Gasteiger partial charge in [-0.1, -0.05) is 27.7 Å². The fraction of sp³-hybridized carbons (Fsp3) is 0.867. The van der Waals surface area contributed by atoms with E-state index in [0.29, 0.717) is 12.8 Å². The molecule has 6 heteroatoms. The van der Waals surface area contributed by atoms with Gasteiger partial charge in [0.25, 0.3) is 5.92 Å². The number of carboxylic acids is 1. The zero-order valence-corrected chi connectivity index (χ0v) is 13.2. The Kier molecular flexibility index (Phi) is 5.34. The van der Waals surface area contributed by atoms with Gasteiger partial charge in [-0.05, 0) is 12.8 Å². The molecule has 2 unspecified atom stereocenters. The number of amides is 1. The highest BCUT2D eigenvalue weighted by Crippen LogP contribution is 2.39. The second-order valence-corrected chi connectivity index (χ2v) is 6.24. The average Bonchev–Trinajstić information content (AvgIpc) is 2.41. The molecule has 4 nitrogen and oxygen atoms in total. The maximum absolute atomic E-state index is 13.8. The monoisotopic (exact) mass is 305 g/mol. The molecule has 1 rings (SSSR count). The molecule has 0 aliphatic carbocycles. The fourth-order valence-corrected chi connectivity index (χ4v) is 2.95. The summed E-state index contributed by atoms with van der Waals surface area (Å²) in [5.41, 5.74) is -1.09. The molecule has 122 valence electrons. The smallest absolute Gasteiger partial charge is 0.310 e. The van der Waals surface area contributed by atoms with Gasteiger partial charge in [-0.2, -0.15) is 0 Å². The van der Waals surface area contributed by atoms with E-state index in [1.807, 2.05) is 0 Å². The molecule has 0 radical (unpaired) electrons. The van der Waals surface area contributed by atoms with Gasteiger partial charge in [0.05, 0.1) is 5.41 Å². The van der Waals surface area contributed by atoms with E-state index in [-0.39, 0.29) is 25.4 Å². The molecular weight excluding hydrogens is 280 g/mol. The number of rotatable bonds is 5. The average molecular weight is 305 g/mol. The molecule has 1 N–H and O–H groups in total. The van der Waals surface area contributed by atoms with Crippen LogP contribution in [0, 0.1) is 17.3 Å². The molecule has 0 aromatic heterocycles. The van der Waals surface area contributed by atoms with E-state index in [4.69, 9.17) is 0 Å². The molecule has 1 amide bonds. The van der Waals surface area contributed by atoms with Crippen LogP contribution in [0.3, 0.4) is 0 Å². The third-order valence-corrected chi connectivity index (χ3v) is 4.95. The van der Waals surface area contributed by atoms with E-state index in [9.17, 15) is 23.5 Å². The first kappa shape index (κ1) is 17.9. The number of halogens is 2. The zero-order valence-electron chi connectivity index (χ0n) is 13.2. The molecule has 21 heavy (non-hydrogen) atoms. The maximum Gasteiger partial charge on any atom is 0.310 e. The first-order chi connectivity index (χ1) is 9.60. The van der Waals surface area contributed by atoms with E-state index in [1.165, 1.54) is 18.7 Å². The Labute approximate surface area is 124 Å². The first-order valence-electron chi connectivity index (χ1n) is 7.49. The lowest BCUT2D eigenvalue weighted by atomic mass is 9.78. The molecule has 1 heterocycles. The first-order valence-corrected chi connectivity index (χ1v) is 7.49. The molecule has 1 aliphatic heterocycles. The number of piperidine rings is 1. The van der Waals surface area contributed by atoms with Gasteiger partial charge in [0.2, 0.25) is 5.91 Å². The Morgan fingerprint density at radius 2 is 1.62 bits per heavy atom. The van der Waals surface area contributed by atoms with Crippen molar-refractivity contribution < 1.29 is 23.5 Å². The van der Waals surface area contributed by atoms with Gasteiger partial charge < -0.3 is 10.0 Å². The van der Waals surface area contributed by atoms with Crippen LogP contribution in [0.1, 0.15) is 47.0 Å². The minimum absolute atomic E-state index is 0.0146. The summed E-state index contributed by atoms with van der Waals surface area (Å²) in [5.74, 6) is -5.93. The minimum Gasteiger partial charge on any atom is -0.481 e. The Bertz CT molecular complexity index is 394. The summed E-state index contributed by atoms with van der Waals surface area (Å²) in [4.78, 5) is 25.2. The van der Waals surface area contributed by atoms with E-state index in [1.54, 1.807) is 13.8 Å². The lowest BCUT2D eigenvalue weighted by Gasteiger charge is -2.42. The van der Waals surface area contributed by atoms with Crippen LogP contribution >= 0.6 is 0 Å². The Hall–Kier alpha value is -1.20. The summed E-state index contributed by atoms with van der Waals surface area (Å²) in [6, 6.07) is 0. The maximum atomic E-state index is 13.8. The molecule has 2 atom stereocenters. The molecule has 0 aromatic carbocycles. The topological polar surface area (TPSA) is 57.6 Å². The van der Waals surface area contributed by atoms with Crippen LogP contribution in [0.4, 0.5) is 8.78 Å². The second kappa shape index (κ2) is 6.28. The van der Waals surface area contributed by atoms with Crippen molar-refractivity contribution in [3.05, 3.63) is 0 Å². The predicted octanol–water partition coefficient (Wildman–Crippen LogP) is 3.02. The van der Waals surface area contributed by atoms with Gasteiger partial charge in [-0.15, -0.1) is 0 Å². The lowest BCUT2D eigenvalue weighted by molar-refractivity contribution is -0.165. The van der Waals surface area contributed by atoms with Gasteiger partial charge >= 0.3 is 5.97 Å². The van der Waals surface area contributed by atoms with Gasteiger partial charge in [0.1, 0.15) is 0 Å². The van der Waals surface area contributed by atoms with Crippen molar-refractivity contribution in [1.29, 1.82) is 0 Å². The number of hydrogen-bond donors (Lipinski definition) is 1. The van der Waals surface area contributed by atoms with Crippen LogP contribution in [-0.2, 0) is 9.59 Å². The number of carbonyl (C=O) groups excluding carboxylic acids is 1. The molecule has 0 bridgehead atoms. The lowest BCUT2D eigenvalue weighted by Crippen LogP contribution is -2.54. The van der Waals surface area contributed by atoms with Crippen molar-refractivity contribution in [1.82, 2.24) is 4.90 Å². The minimum atomic E-state index is -2.78. The fourth-order valence-electron chi connectivity index (χ4n) is 2.95. The van der Waals surface area contributed by atoms with Gasteiger partial charge in [-0.3, -0.25) is 9.59 Å². The largest absolute Gasteiger partial charge is 0.481 e. The van der Waals surface area contributed by atoms with E-state index >= 15 is 0 Å². The molecule has 1 fully saturated rings. The number of alkyl halides is 2. The Morgan fingerprint density at radius 1 is 1.19 bits per heavy atom. The zero-order chi connectivity index (χ0) is 16.4. The number of carboxylic acid groups (broad SMARTS) is 1. The quantitative estimate of drug-likeness (QED) is 0.849. The molecule has 1 aliphatic rings. The number of hydrogen-bond acceptors (Lipinski definition) is 2. The summed E-state index contributed by atoms with van der Waals surface area (Å²) in [6.45, 7) is 6.31. The van der Waals surface area contributed by atoms with Crippen LogP contribution < -0.4 is 0 Å². The van der Waals surface area contributed by atoms with Crippen molar-refractivity contribution in [2.24, 2.45) is 17.3 Å². The number of carbonyl (C=O) groups is 2. The van der Waals surface area contributed by atoms with E-state index in [2.05, 4.69) is 0 Å². The van der Waals surface area contributed by atoms with Crippen LogP contribution in [0.25, 0.3) is 0 Å². The Morgan fingerprint density at radius 3 is 1.95 bits per heavy atom. The number of aliphatic carboxylic acids is 1. The van der Waals surface area contributed by atoms with Crippen LogP contribution in [0.2, 0.25) is 0 Å². The summed E-state index contributed by atoms with van der Waals surface area (Å²) in [5, 5.41) is 9.37. The summed E-state index contributed by atoms with van der Waals surface area (Å²) < 4.78 is 27.6. The highest BCUT2D eigenvalue weighted by Gasteiger charge is 2.49. The summed E-state index contributed by atoms with van der Waals surface area (Å²) in [7, 11) is 0. The van der Waals surface area contributed by atoms with E-state index in [0.717, 1.165) is 0 Å². The van der Waals surface area contributed by atoms with Crippen molar-refractivity contribution >= 4 is 11.9 Å².